The third-order valence-electron chi connectivity index (χ3n) is 5.56. The first-order chi connectivity index (χ1) is 18.3. The molecule has 0 aliphatic carbocycles. The number of nitrogens with zero attached hydrogens (tertiary/aromatic N) is 2. The first kappa shape index (κ1) is 29.9. The fourth-order valence-corrected chi connectivity index (χ4v) is 5.77. The zero-order valence-corrected chi connectivity index (χ0v) is 23.8. The van der Waals surface area contributed by atoms with E-state index in [1.54, 1.807) is 23.1 Å². The van der Waals surface area contributed by atoms with Gasteiger partial charge in [0.05, 0.1) is 18.3 Å². The van der Waals surface area contributed by atoms with Gasteiger partial charge in [-0.1, -0.05) is 62.0 Å². The summed E-state index contributed by atoms with van der Waals surface area (Å²) in [5.41, 5.74) is 0.870. The Morgan fingerprint density at radius 1 is 1.11 bits per heavy atom. The van der Waals surface area contributed by atoms with Gasteiger partial charge >= 0.3 is 0 Å². The SMILES string of the molecule is CC(C)SCC(CC(=O)NCc1cccs1)C(=O)[C@@H](O)C(Cc1ccccc1)NC(=O)CSc1ncn[nH]1. The number of thioether (sulfide) groups is 2. The molecule has 3 aromatic rings. The lowest BCUT2D eigenvalue weighted by Gasteiger charge is -2.27. The van der Waals surface area contributed by atoms with Crippen LogP contribution in [0, 0.1) is 5.92 Å². The van der Waals surface area contributed by atoms with Gasteiger partial charge in [0.15, 0.2) is 10.9 Å². The third kappa shape index (κ3) is 10.2. The molecule has 0 aliphatic heterocycles. The molecule has 9 nitrogen and oxygen atoms in total. The van der Waals surface area contributed by atoms with E-state index in [9.17, 15) is 19.5 Å². The number of amides is 2. The largest absolute Gasteiger partial charge is 0.383 e. The first-order valence-corrected chi connectivity index (χ1v) is 15.2. The summed E-state index contributed by atoms with van der Waals surface area (Å²) in [7, 11) is 0. The van der Waals surface area contributed by atoms with Gasteiger partial charge in [0.2, 0.25) is 11.8 Å². The van der Waals surface area contributed by atoms with E-state index in [0.717, 1.165) is 10.4 Å². The van der Waals surface area contributed by atoms with Crippen LogP contribution < -0.4 is 10.6 Å². The minimum absolute atomic E-state index is 0.0334. The number of rotatable bonds is 16. The molecule has 0 aliphatic rings. The quantitative estimate of drug-likeness (QED) is 0.191. The number of aromatic nitrogens is 3. The lowest BCUT2D eigenvalue weighted by atomic mass is 9.91. The highest BCUT2D eigenvalue weighted by molar-refractivity contribution is 8.00. The van der Waals surface area contributed by atoms with E-state index in [1.807, 2.05) is 61.7 Å². The molecule has 0 saturated carbocycles. The number of aliphatic hydroxyl groups is 1. The molecule has 0 radical (unpaired) electrons. The van der Waals surface area contributed by atoms with E-state index in [4.69, 9.17) is 0 Å². The summed E-state index contributed by atoms with van der Waals surface area (Å²) in [5.74, 6) is -1.30. The molecular weight excluding hydrogens is 543 g/mol. The maximum atomic E-state index is 13.6. The van der Waals surface area contributed by atoms with Gasteiger partial charge < -0.3 is 15.7 Å². The van der Waals surface area contributed by atoms with Crippen molar-refractivity contribution in [3.8, 4) is 0 Å². The zero-order valence-electron chi connectivity index (χ0n) is 21.3. The molecule has 2 amide bonds. The number of thiophene rings is 1. The Morgan fingerprint density at radius 3 is 2.55 bits per heavy atom. The predicted octanol–water partition coefficient (Wildman–Crippen LogP) is 3.08. The van der Waals surface area contributed by atoms with E-state index in [-0.39, 0.29) is 35.7 Å². The van der Waals surface area contributed by atoms with Gasteiger partial charge in [-0.25, -0.2) is 4.98 Å². The molecule has 3 atom stereocenters. The van der Waals surface area contributed by atoms with Crippen LogP contribution in [-0.4, -0.2) is 66.8 Å². The average Bonchev–Trinajstić information content (AvgIpc) is 3.62. The topological polar surface area (TPSA) is 137 Å². The van der Waals surface area contributed by atoms with Gasteiger partial charge in [-0.2, -0.15) is 16.9 Å². The maximum absolute atomic E-state index is 13.6. The second-order valence-electron chi connectivity index (χ2n) is 8.93. The van der Waals surface area contributed by atoms with Crippen LogP contribution in [-0.2, 0) is 27.3 Å². The summed E-state index contributed by atoms with van der Waals surface area (Å²) >= 11 is 4.28. The van der Waals surface area contributed by atoms with E-state index in [0.29, 0.717) is 17.5 Å². The summed E-state index contributed by atoms with van der Waals surface area (Å²) in [6.07, 6.45) is 0.111. The Morgan fingerprint density at radius 2 is 1.89 bits per heavy atom. The fraction of sp³-hybridized carbons (Fsp3) is 0.423. The predicted molar refractivity (Wildman–Crippen MR) is 152 cm³/mol. The standard InChI is InChI=1S/C26H33N5O4S3/c1-17(2)37-14-19(12-22(32)27-13-20-9-6-10-36-20)24(34)25(35)21(11-18-7-4-3-5-8-18)30-23(33)15-38-26-28-16-29-31-26/h3-10,16-17,19,21,25,35H,11-15H2,1-2H3,(H,27,32)(H,30,33)(H,28,29,31)/t19?,21?,25-/m0/s1. The molecule has 1 aromatic carbocycles. The number of aromatic amines is 1. The van der Waals surface area contributed by atoms with Crippen molar-refractivity contribution in [2.75, 3.05) is 11.5 Å². The normalized spacial score (nSPS) is 13.6. The second-order valence-corrected chi connectivity index (χ2v) is 12.5. The van der Waals surface area contributed by atoms with Crippen molar-refractivity contribution in [2.24, 2.45) is 5.92 Å². The second kappa shape index (κ2) is 15.7. The van der Waals surface area contributed by atoms with E-state index >= 15 is 0 Å². The first-order valence-electron chi connectivity index (χ1n) is 12.3. The summed E-state index contributed by atoms with van der Waals surface area (Å²) < 4.78 is 0. The van der Waals surface area contributed by atoms with Gasteiger partial charge in [0.1, 0.15) is 12.4 Å². The number of nitrogens with one attached hydrogen (secondary N) is 3. The zero-order chi connectivity index (χ0) is 27.3. The molecular formula is C26H33N5O4S3. The maximum Gasteiger partial charge on any atom is 0.230 e. The van der Waals surface area contributed by atoms with Crippen molar-refractivity contribution in [1.82, 2.24) is 25.8 Å². The van der Waals surface area contributed by atoms with Crippen LogP contribution in [0.4, 0.5) is 0 Å². The van der Waals surface area contributed by atoms with Crippen LogP contribution in [0.1, 0.15) is 30.7 Å². The lowest BCUT2D eigenvalue weighted by Crippen LogP contribution is -2.51. The van der Waals surface area contributed by atoms with Gasteiger partial charge in [0.25, 0.3) is 0 Å². The van der Waals surface area contributed by atoms with Gasteiger partial charge in [-0.15, -0.1) is 11.3 Å². The van der Waals surface area contributed by atoms with Crippen LogP contribution in [0.5, 0.6) is 0 Å². The van der Waals surface area contributed by atoms with Crippen molar-refractivity contribution >= 4 is 52.5 Å². The molecule has 38 heavy (non-hydrogen) atoms. The third-order valence-corrected chi connectivity index (χ3v) is 8.57. The van der Waals surface area contributed by atoms with Crippen molar-refractivity contribution in [3.05, 3.63) is 64.6 Å². The Bertz CT molecular complexity index is 1130. The highest BCUT2D eigenvalue weighted by Gasteiger charge is 2.34. The molecule has 4 N–H and O–H groups in total. The molecule has 3 rings (SSSR count). The molecule has 2 unspecified atom stereocenters. The smallest absolute Gasteiger partial charge is 0.230 e. The fourth-order valence-electron chi connectivity index (χ4n) is 3.64. The van der Waals surface area contributed by atoms with E-state index < -0.39 is 23.8 Å². The monoisotopic (exact) mass is 575 g/mol. The number of H-pyrrole nitrogens is 1. The highest BCUT2D eigenvalue weighted by Crippen LogP contribution is 2.21. The number of hydrogen-bond donors (Lipinski definition) is 4. The molecule has 12 heteroatoms. The number of carbonyl (C=O) groups is 3. The molecule has 204 valence electrons. The number of benzene rings is 1. The molecule has 0 fully saturated rings. The average molecular weight is 576 g/mol. The van der Waals surface area contributed by atoms with Gasteiger partial charge in [-0.05, 0) is 28.7 Å². The Labute approximate surface area is 235 Å². The molecule has 0 spiro atoms. The van der Waals surface area contributed by atoms with Crippen molar-refractivity contribution in [3.63, 3.8) is 0 Å². The molecule has 2 heterocycles. The highest BCUT2D eigenvalue weighted by atomic mass is 32.2. The Balaban J connectivity index is 1.69. The summed E-state index contributed by atoms with van der Waals surface area (Å²) in [6, 6.07) is 12.4. The van der Waals surface area contributed by atoms with E-state index in [2.05, 4.69) is 25.8 Å². The Kier molecular flexibility index (Phi) is 12.3. The van der Waals surface area contributed by atoms with Crippen molar-refractivity contribution in [2.45, 2.75) is 55.8 Å². The van der Waals surface area contributed by atoms with Crippen LogP contribution in [0.15, 0.2) is 59.3 Å². The van der Waals surface area contributed by atoms with Crippen molar-refractivity contribution in [1.29, 1.82) is 0 Å². The summed E-state index contributed by atoms with van der Waals surface area (Å²) in [6.45, 7) is 4.43. The molecule has 0 bridgehead atoms. The van der Waals surface area contributed by atoms with Crippen LogP contribution >= 0.6 is 34.9 Å². The number of hydrogen-bond acceptors (Lipinski definition) is 9. The minimum atomic E-state index is -1.47. The number of carbonyl (C=O) groups excluding carboxylic acids is 3. The lowest BCUT2D eigenvalue weighted by molar-refractivity contribution is -0.136. The van der Waals surface area contributed by atoms with Gasteiger partial charge in [-0.3, -0.25) is 19.5 Å². The molecule has 2 aromatic heterocycles. The molecule has 0 saturated heterocycles. The minimum Gasteiger partial charge on any atom is -0.383 e. The Hall–Kier alpha value is -2.67. The van der Waals surface area contributed by atoms with E-state index in [1.165, 1.54) is 18.1 Å². The number of aliphatic hydroxyl groups excluding tert-OH is 1. The van der Waals surface area contributed by atoms with Crippen LogP contribution in [0.25, 0.3) is 0 Å². The number of Topliss-reactive ketones (excluding diaryl/α,β-unsaturated/α-hetero) is 1. The number of ketones is 1. The van der Waals surface area contributed by atoms with Crippen LogP contribution in [0.2, 0.25) is 0 Å². The summed E-state index contributed by atoms with van der Waals surface area (Å²) in [4.78, 5) is 44.0. The van der Waals surface area contributed by atoms with Crippen molar-refractivity contribution < 1.29 is 19.5 Å². The van der Waals surface area contributed by atoms with Gasteiger partial charge in [0, 0.05) is 23.0 Å². The van der Waals surface area contributed by atoms with Crippen LogP contribution in [0.3, 0.4) is 0 Å². The summed E-state index contributed by atoms with van der Waals surface area (Å²) in [5, 5.41) is 26.1.